The van der Waals surface area contributed by atoms with Crippen LogP contribution in [0, 0.1) is 24.7 Å². The second kappa shape index (κ2) is 6.99. The molecule has 0 aromatic carbocycles. The minimum atomic E-state index is -4.53. The topological polar surface area (TPSA) is 54.9 Å². The third-order valence-corrected chi connectivity index (χ3v) is 3.75. The van der Waals surface area contributed by atoms with E-state index in [0.717, 1.165) is 0 Å². The molecule has 4 nitrogen and oxygen atoms in total. The summed E-state index contributed by atoms with van der Waals surface area (Å²) < 4.78 is 39.5. The average Bonchev–Trinajstić information content (AvgIpc) is 2.49. The number of alkyl halides is 3. The molecule has 1 amide bonds. The third kappa shape index (κ3) is 4.21. The number of nitrogens with one attached hydrogen (secondary N) is 1. The highest BCUT2D eigenvalue weighted by Crippen LogP contribution is 2.35. The van der Waals surface area contributed by atoms with Gasteiger partial charge in [0.15, 0.2) is 5.69 Å². The maximum absolute atomic E-state index is 13.2. The van der Waals surface area contributed by atoms with E-state index in [9.17, 15) is 18.0 Å². The van der Waals surface area contributed by atoms with Crippen LogP contribution in [0.15, 0.2) is 0 Å². The molecule has 1 atom stereocenters. The summed E-state index contributed by atoms with van der Waals surface area (Å²) in [6.07, 6.45) is -3.13. The van der Waals surface area contributed by atoms with E-state index >= 15 is 0 Å². The summed E-state index contributed by atoms with van der Waals surface area (Å²) in [4.78, 5) is 19.8. The zero-order valence-electron chi connectivity index (χ0n) is 13.0. The van der Waals surface area contributed by atoms with Crippen LogP contribution >= 0.6 is 0 Å². The van der Waals surface area contributed by atoms with Crippen LogP contribution < -0.4 is 5.32 Å². The van der Waals surface area contributed by atoms with Gasteiger partial charge in [-0.25, -0.2) is 9.97 Å². The van der Waals surface area contributed by atoms with Gasteiger partial charge in [-0.15, -0.1) is 11.8 Å². The standard InChI is InChI=1S/C16H18F3N3O/c1-3-4-5-8-20-15(23)11-6-7-13-12(9-11)14(16(17,18)19)22-10(2)21-13/h11H,5-9H2,1-2H3,(H,20,23)/t11-/m1/s1. The molecule has 0 spiro atoms. The van der Waals surface area contributed by atoms with Gasteiger partial charge in [0.05, 0.1) is 0 Å². The molecule has 1 heterocycles. The molecule has 2 rings (SSSR count). The van der Waals surface area contributed by atoms with Crippen molar-refractivity contribution in [2.45, 2.75) is 45.7 Å². The lowest BCUT2D eigenvalue weighted by Crippen LogP contribution is -2.35. The van der Waals surface area contributed by atoms with Crippen LogP contribution in [-0.2, 0) is 23.8 Å². The predicted molar refractivity (Wildman–Crippen MR) is 78.4 cm³/mol. The normalized spacial score (nSPS) is 17.0. The van der Waals surface area contributed by atoms with E-state index in [1.807, 2.05) is 0 Å². The van der Waals surface area contributed by atoms with Gasteiger partial charge >= 0.3 is 6.18 Å². The van der Waals surface area contributed by atoms with Crippen LogP contribution in [0.2, 0.25) is 0 Å². The monoisotopic (exact) mass is 325 g/mol. The molecule has 1 aromatic heterocycles. The fourth-order valence-corrected chi connectivity index (χ4v) is 2.71. The summed E-state index contributed by atoms with van der Waals surface area (Å²) in [6.45, 7) is 3.56. The molecule has 0 radical (unpaired) electrons. The minimum Gasteiger partial charge on any atom is -0.355 e. The van der Waals surface area contributed by atoms with E-state index in [4.69, 9.17) is 0 Å². The van der Waals surface area contributed by atoms with Crippen LogP contribution in [0.3, 0.4) is 0 Å². The Balaban J connectivity index is 2.16. The highest BCUT2D eigenvalue weighted by Gasteiger charge is 2.39. The number of carbonyl (C=O) groups is 1. The summed E-state index contributed by atoms with van der Waals surface area (Å²) in [5.41, 5.74) is -0.442. The van der Waals surface area contributed by atoms with Gasteiger partial charge in [0.2, 0.25) is 5.91 Å². The molecule has 1 aliphatic carbocycles. The molecule has 7 heteroatoms. The Kier molecular flexibility index (Phi) is 5.24. The number of hydrogen-bond donors (Lipinski definition) is 1. The highest BCUT2D eigenvalue weighted by atomic mass is 19.4. The van der Waals surface area contributed by atoms with Crippen molar-refractivity contribution in [3.63, 3.8) is 0 Å². The Labute approximate surface area is 132 Å². The van der Waals surface area contributed by atoms with Crippen molar-refractivity contribution in [2.75, 3.05) is 6.54 Å². The van der Waals surface area contributed by atoms with Gasteiger partial charge in [-0.2, -0.15) is 13.2 Å². The molecule has 0 aliphatic heterocycles. The summed E-state index contributed by atoms with van der Waals surface area (Å²) in [7, 11) is 0. The first kappa shape index (κ1) is 17.3. The molecule has 0 bridgehead atoms. The van der Waals surface area contributed by atoms with Crippen LogP contribution in [0.25, 0.3) is 0 Å². The molecule has 0 fully saturated rings. The Bertz CT molecular complexity index is 659. The number of aromatic nitrogens is 2. The zero-order valence-corrected chi connectivity index (χ0v) is 13.0. The second-order valence-electron chi connectivity index (χ2n) is 5.45. The average molecular weight is 325 g/mol. The lowest BCUT2D eigenvalue weighted by molar-refractivity contribution is -0.142. The predicted octanol–water partition coefficient (Wildman–Crippen LogP) is 2.44. The SMILES string of the molecule is CC#CCCNC(=O)[C@@H]1CCc2nc(C)nc(C(F)(F)F)c2C1. The van der Waals surface area contributed by atoms with E-state index in [1.165, 1.54) is 6.92 Å². The number of hydrogen-bond acceptors (Lipinski definition) is 3. The maximum atomic E-state index is 13.2. The Morgan fingerprint density at radius 2 is 2.13 bits per heavy atom. The van der Waals surface area contributed by atoms with E-state index in [2.05, 4.69) is 27.1 Å². The summed E-state index contributed by atoms with van der Waals surface area (Å²) in [6, 6.07) is 0. The van der Waals surface area contributed by atoms with Crippen molar-refractivity contribution in [1.82, 2.24) is 15.3 Å². The van der Waals surface area contributed by atoms with Crippen LogP contribution in [-0.4, -0.2) is 22.4 Å². The molecular weight excluding hydrogens is 307 g/mol. The molecule has 23 heavy (non-hydrogen) atoms. The number of carbonyl (C=O) groups excluding carboxylic acids is 1. The maximum Gasteiger partial charge on any atom is 0.433 e. The zero-order chi connectivity index (χ0) is 17.0. The molecule has 1 aliphatic rings. The summed E-state index contributed by atoms with van der Waals surface area (Å²) in [5.74, 6) is 4.94. The molecular formula is C16H18F3N3O. The van der Waals surface area contributed by atoms with Gasteiger partial charge in [0, 0.05) is 30.1 Å². The van der Waals surface area contributed by atoms with Crippen molar-refractivity contribution in [3.8, 4) is 11.8 Å². The number of amides is 1. The fraction of sp³-hybridized carbons (Fsp3) is 0.562. The number of rotatable bonds is 3. The Morgan fingerprint density at radius 3 is 2.78 bits per heavy atom. The smallest absolute Gasteiger partial charge is 0.355 e. The van der Waals surface area contributed by atoms with Gasteiger partial charge in [0.1, 0.15) is 5.82 Å². The van der Waals surface area contributed by atoms with Crippen molar-refractivity contribution >= 4 is 5.91 Å². The molecule has 124 valence electrons. The van der Waals surface area contributed by atoms with Crippen molar-refractivity contribution < 1.29 is 18.0 Å². The fourth-order valence-electron chi connectivity index (χ4n) is 2.71. The van der Waals surface area contributed by atoms with Crippen LogP contribution in [0.1, 0.15) is 42.5 Å². The molecule has 1 aromatic rings. The van der Waals surface area contributed by atoms with E-state index < -0.39 is 17.8 Å². The van der Waals surface area contributed by atoms with E-state index in [-0.39, 0.29) is 23.7 Å². The van der Waals surface area contributed by atoms with Crippen molar-refractivity contribution in [2.24, 2.45) is 5.92 Å². The van der Waals surface area contributed by atoms with Crippen LogP contribution in [0.4, 0.5) is 13.2 Å². The highest BCUT2D eigenvalue weighted by molar-refractivity contribution is 5.79. The van der Waals surface area contributed by atoms with Crippen molar-refractivity contribution in [1.29, 1.82) is 0 Å². The number of aryl methyl sites for hydroxylation is 2. The molecule has 0 unspecified atom stereocenters. The Hall–Kier alpha value is -2.10. The summed E-state index contributed by atoms with van der Waals surface area (Å²) in [5, 5.41) is 2.72. The van der Waals surface area contributed by atoms with Crippen molar-refractivity contribution in [3.05, 3.63) is 22.8 Å². The number of halogens is 3. The third-order valence-electron chi connectivity index (χ3n) is 3.75. The first-order valence-corrected chi connectivity index (χ1v) is 7.43. The van der Waals surface area contributed by atoms with Crippen LogP contribution in [0.5, 0.6) is 0 Å². The van der Waals surface area contributed by atoms with Gasteiger partial charge in [0.25, 0.3) is 0 Å². The number of fused-ring (bicyclic) bond motifs is 1. The second-order valence-corrected chi connectivity index (χ2v) is 5.45. The van der Waals surface area contributed by atoms with E-state index in [1.54, 1.807) is 6.92 Å². The minimum absolute atomic E-state index is 0.0236. The molecule has 0 saturated heterocycles. The molecule has 0 saturated carbocycles. The largest absolute Gasteiger partial charge is 0.433 e. The van der Waals surface area contributed by atoms with Gasteiger partial charge in [-0.3, -0.25) is 4.79 Å². The van der Waals surface area contributed by atoms with Gasteiger partial charge < -0.3 is 5.32 Å². The lowest BCUT2D eigenvalue weighted by Gasteiger charge is -2.25. The first-order chi connectivity index (χ1) is 10.8. The van der Waals surface area contributed by atoms with Gasteiger partial charge in [-0.05, 0) is 33.1 Å². The first-order valence-electron chi connectivity index (χ1n) is 7.43. The quantitative estimate of drug-likeness (QED) is 0.686. The molecule has 1 N–H and O–H groups in total. The van der Waals surface area contributed by atoms with Gasteiger partial charge in [-0.1, -0.05) is 0 Å². The lowest BCUT2D eigenvalue weighted by atomic mass is 9.85. The summed E-state index contributed by atoms with van der Waals surface area (Å²) >= 11 is 0. The number of nitrogens with zero attached hydrogens (tertiary/aromatic N) is 2. The Morgan fingerprint density at radius 1 is 1.39 bits per heavy atom. The van der Waals surface area contributed by atoms with E-state index in [0.29, 0.717) is 31.5 Å².